The Morgan fingerprint density at radius 3 is 2.23 bits per heavy atom. The summed E-state index contributed by atoms with van der Waals surface area (Å²) in [4.78, 5) is 12.7. The first-order chi connectivity index (χ1) is 14.8. The minimum Gasteiger partial charge on any atom is -0.493 e. The lowest BCUT2D eigenvalue weighted by Gasteiger charge is -2.25. The average Bonchev–Trinajstić information content (AvgIpc) is 2.79. The van der Waals surface area contributed by atoms with E-state index in [4.69, 9.17) is 9.47 Å². The Kier molecular flexibility index (Phi) is 7.56. The van der Waals surface area contributed by atoms with Crippen LogP contribution in [0.5, 0.6) is 11.5 Å². The first-order valence-corrected chi connectivity index (χ1v) is 11.9. The summed E-state index contributed by atoms with van der Waals surface area (Å²) in [5.74, 6) is 1.03. The van der Waals surface area contributed by atoms with Crippen molar-refractivity contribution in [1.82, 2.24) is 4.31 Å². The van der Waals surface area contributed by atoms with Gasteiger partial charge in [0.1, 0.15) is 0 Å². The second-order valence-corrected chi connectivity index (χ2v) is 9.62. The van der Waals surface area contributed by atoms with Crippen molar-refractivity contribution in [3.63, 3.8) is 0 Å². The van der Waals surface area contributed by atoms with Gasteiger partial charge in [-0.3, -0.25) is 4.79 Å². The molecule has 0 bridgehead atoms. The zero-order valence-corrected chi connectivity index (χ0v) is 19.1. The lowest BCUT2D eigenvalue weighted by molar-refractivity contribution is -0.116. The molecular formula is C23H30N2O5S. The molecule has 7 nitrogen and oxygen atoms in total. The number of benzene rings is 2. The number of carbonyl (C=O) groups is 1. The summed E-state index contributed by atoms with van der Waals surface area (Å²) in [6.07, 6.45) is 3.70. The SMILES string of the molecule is COc1cc(C)c(NC(=O)CCc2ccc(S(=O)(=O)N3CCCCC3)cc2)cc1OC. The zero-order valence-electron chi connectivity index (χ0n) is 18.3. The first kappa shape index (κ1) is 23.1. The molecule has 1 fully saturated rings. The Morgan fingerprint density at radius 1 is 1.00 bits per heavy atom. The van der Waals surface area contributed by atoms with Gasteiger partial charge in [0.05, 0.1) is 19.1 Å². The minimum absolute atomic E-state index is 0.125. The molecule has 1 N–H and O–H groups in total. The van der Waals surface area contributed by atoms with Crippen molar-refractivity contribution in [1.29, 1.82) is 0 Å². The molecule has 1 aliphatic rings. The number of aryl methyl sites for hydroxylation is 2. The van der Waals surface area contributed by atoms with E-state index in [-0.39, 0.29) is 12.3 Å². The highest BCUT2D eigenvalue weighted by Gasteiger charge is 2.25. The molecule has 2 aromatic carbocycles. The fraction of sp³-hybridized carbons (Fsp3) is 0.435. The van der Waals surface area contributed by atoms with E-state index in [0.717, 1.165) is 30.4 Å². The smallest absolute Gasteiger partial charge is 0.243 e. The third-order valence-corrected chi connectivity index (χ3v) is 7.43. The van der Waals surface area contributed by atoms with Crippen LogP contribution in [0, 0.1) is 6.92 Å². The number of rotatable bonds is 8. The second-order valence-electron chi connectivity index (χ2n) is 7.68. The van der Waals surface area contributed by atoms with Crippen LogP contribution in [0.3, 0.4) is 0 Å². The van der Waals surface area contributed by atoms with Gasteiger partial charge in [0.25, 0.3) is 0 Å². The lowest BCUT2D eigenvalue weighted by Crippen LogP contribution is -2.35. The molecule has 0 aromatic heterocycles. The number of hydrogen-bond acceptors (Lipinski definition) is 5. The molecule has 168 valence electrons. The maximum atomic E-state index is 12.7. The third-order valence-electron chi connectivity index (χ3n) is 5.52. The van der Waals surface area contributed by atoms with Crippen LogP contribution in [0.4, 0.5) is 5.69 Å². The van der Waals surface area contributed by atoms with Gasteiger partial charge >= 0.3 is 0 Å². The maximum absolute atomic E-state index is 12.7. The number of hydrogen-bond donors (Lipinski definition) is 1. The molecule has 1 amide bonds. The highest BCUT2D eigenvalue weighted by atomic mass is 32.2. The molecule has 0 radical (unpaired) electrons. The predicted molar refractivity (Wildman–Crippen MR) is 120 cm³/mol. The summed E-state index contributed by atoms with van der Waals surface area (Å²) in [5.41, 5.74) is 2.46. The van der Waals surface area contributed by atoms with Gasteiger partial charge in [-0.25, -0.2) is 8.42 Å². The summed E-state index contributed by atoms with van der Waals surface area (Å²) >= 11 is 0. The number of ether oxygens (including phenoxy) is 2. The van der Waals surface area contributed by atoms with Crippen molar-refractivity contribution < 1.29 is 22.7 Å². The Hall–Kier alpha value is -2.58. The van der Waals surface area contributed by atoms with E-state index in [1.165, 1.54) is 0 Å². The number of carbonyl (C=O) groups excluding carboxylic acids is 1. The van der Waals surface area contributed by atoms with Crippen LogP contribution in [-0.2, 0) is 21.2 Å². The summed E-state index contributed by atoms with van der Waals surface area (Å²) in [7, 11) is -0.318. The van der Waals surface area contributed by atoms with Crippen LogP contribution in [0.15, 0.2) is 41.3 Å². The van der Waals surface area contributed by atoms with Gasteiger partial charge in [0.2, 0.25) is 15.9 Å². The predicted octanol–water partition coefficient (Wildman–Crippen LogP) is 3.76. The van der Waals surface area contributed by atoms with Crippen LogP contribution >= 0.6 is 0 Å². The number of amides is 1. The van der Waals surface area contributed by atoms with Gasteiger partial charge in [0, 0.05) is 31.3 Å². The van der Waals surface area contributed by atoms with Crippen LogP contribution in [0.25, 0.3) is 0 Å². The normalized spacial score (nSPS) is 14.8. The van der Waals surface area contributed by atoms with Gasteiger partial charge in [-0.05, 0) is 55.5 Å². The van der Waals surface area contributed by atoms with Gasteiger partial charge in [-0.1, -0.05) is 18.6 Å². The minimum atomic E-state index is -3.44. The van der Waals surface area contributed by atoms with E-state index in [9.17, 15) is 13.2 Å². The zero-order chi connectivity index (χ0) is 22.4. The highest BCUT2D eigenvalue weighted by Crippen LogP contribution is 2.33. The largest absolute Gasteiger partial charge is 0.493 e. The van der Waals surface area contributed by atoms with Crippen LogP contribution < -0.4 is 14.8 Å². The van der Waals surface area contributed by atoms with E-state index in [0.29, 0.717) is 41.6 Å². The van der Waals surface area contributed by atoms with Gasteiger partial charge in [-0.2, -0.15) is 4.31 Å². The molecule has 0 atom stereocenters. The number of sulfonamides is 1. The molecule has 1 aliphatic heterocycles. The molecule has 8 heteroatoms. The molecule has 0 aliphatic carbocycles. The van der Waals surface area contributed by atoms with Gasteiger partial charge in [0.15, 0.2) is 11.5 Å². The maximum Gasteiger partial charge on any atom is 0.243 e. The number of anilines is 1. The van der Waals surface area contributed by atoms with E-state index in [1.807, 2.05) is 13.0 Å². The number of nitrogens with zero attached hydrogens (tertiary/aromatic N) is 1. The Morgan fingerprint density at radius 2 is 1.61 bits per heavy atom. The molecular weight excluding hydrogens is 416 g/mol. The van der Waals surface area contributed by atoms with Gasteiger partial charge in [-0.15, -0.1) is 0 Å². The third kappa shape index (κ3) is 5.57. The monoisotopic (exact) mass is 446 g/mol. The van der Waals surface area contributed by atoms with Crippen molar-refractivity contribution in [3.05, 3.63) is 47.5 Å². The fourth-order valence-corrected chi connectivity index (χ4v) is 5.19. The average molecular weight is 447 g/mol. The first-order valence-electron chi connectivity index (χ1n) is 10.5. The van der Waals surface area contributed by atoms with E-state index < -0.39 is 10.0 Å². The molecule has 2 aromatic rings. The van der Waals surface area contributed by atoms with Crippen molar-refractivity contribution >= 4 is 21.6 Å². The molecule has 1 heterocycles. The lowest BCUT2D eigenvalue weighted by atomic mass is 10.1. The molecule has 3 rings (SSSR count). The second kappa shape index (κ2) is 10.2. The molecule has 0 unspecified atom stereocenters. The molecule has 0 saturated carbocycles. The number of piperidine rings is 1. The quantitative estimate of drug-likeness (QED) is 0.667. The van der Waals surface area contributed by atoms with Crippen LogP contribution in [0.1, 0.15) is 36.8 Å². The van der Waals surface area contributed by atoms with Crippen molar-refractivity contribution in [2.24, 2.45) is 0 Å². The molecule has 31 heavy (non-hydrogen) atoms. The molecule has 1 saturated heterocycles. The fourth-order valence-electron chi connectivity index (χ4n) is 3.67. The Bertz CT molecular complexity index is 1010. The summed E-state index contributed by atoms with van der Waals surface area (Å²) < 4.78 is 37.6. The van der Waals surface area contributed by atoms with E-state index in [2.05, 4.69) is 5.32 Å². The topological polar surface area (TPSA) is 84.9 Å². The van der Waals surface area contributed by atoms with Crippen LogP contribution in [-0.4, -0.2) is 45.9 Å². The molecule has 0 spiro atoms. The van der Waals surface area contributed by atoms with Crippen molar-refractivity contribution in [2.75, 3.05) is 32.6 Å². The van der Waals surface area contributed by atoms with Crippen molar-refractivity contribution in [3.8, 4) is 11.5 Å². The van der Waals surface area contributed by atoms with E-state index in [1.54, 1.807) is 48.9 Å². The Balaban J connectivity index is 1.60. The number of nitrogens with one attached hydrogen (secondary N) is 1. The van der Waals surface area contributed by atoms with Gasteiger partial charge < -0.3 is 14.8 Å². The van der Waals surface area contributed by atoms with E-state index >= 15 is 0 Å². The Labute approximate surface area is 184 Å². The number of methoxy groups -OCH3 is 2. The van der Waals surface area contributed by atoms with Crippen molar-refractivity contribution in [2.45, 2.75) is 43.9 Å². The summed E-state index contributed by atoms with van der Waals surface area (Å²) in [6.45, 7) is 3.05. The standard InChI is InChI=1S/C23H30N2O5S/c1-17-15-21(29-2)22(30-3)16-20(17)24-23(26)12-9-18-7-10-19(11-8-18)31(27,28)25-13-5-4-6-14-25/h7-8,10-11,15-16H,4-6,9,12-14H2,1-3H3,(H,24,26). The van der Waals surface area contributed by atoms with Crippen LogP contribution in [0.2, 0.25) is 0 Å². The summed E-state index contributed by atoms with van der Waals surface area (Å²) in [6, 6.07) is 10.4. The summed E-state index contributed by atoms with van der Waals surface area (Å²) in [5, 5.41) is 2.91. The highest BCUT2D eigenvalue weighted by molar-refractivity contribution is 7.89.